The lowest BCUT2D eigenvalue weighted by atomic mass is 10.2. The van der Waals surface area contributed by atoms with Crippen molar-refractivity contribution in [2.75, 3.05) is 10.6 Å². The Kier molecular flexibility index (Phi) is 4.39. The van der Waals surface area contributed by atoms with E-state index in [-0.39, 0.29) is 11.3 Å². The molecule has 0 radical (unpaired) electrons. The summed E-state index contributed by atoms with van der Waals surface area (Å²) in [7, 11) is 0. The summed E-state index contributed by atoms with van der Waals surface area (Å²) in [5.74, 6) is -2.04. The fourth-order valence-corrected chi connectivity index (χ4v) is 1.84. The molecule has 0 saturated carbocycles. The van der Waals surface area contributed by atoms with Gasteiger partial charge in [-0.25, -0.2) is 14.0 Å². The fourth-order valence-electron chi connectivity index (χ4n) is 1.65. The van der Waals surface area contributed by atoms with Crippen LogP contribution < -0.4 is 10.6 Å². The van der Waals surface area contributed by atoms with Crippen LogP contribution in [-0.4, -0.2) is 17.1 Å². The van der Waals surface area contributed by atoms with Crippen molar-refractivity contribution < 1.29 is 19.1 Å². The van der Waals surface area contributed by atoms with Crippen molar-refractivity contribution >= 4 is 35.0 Å². The highest BCUT2D eigenvalue weighted by Crippen LogP contribution is 2.19. The summed E-state index contributed by atoms with van der Waals surface area (Å²) in [5, 5.41) is 14.3. The van der Waals surface area contributed by atoms with E-state index in [1.54, 1.807) is 18.2 Å². The predicted octanol–water partition coefficient (Wildman–Crippen LogP) is 3.82. The van der Waals surface area contributed by atoms with Crippen LogP contribution >= 0.6 is 11.6 Å². The average Bonchev–Trinajstić information content (AvgIpc) is 2.40. The van der Waals surface area contributed by atoms with E-state index >= 15 is 0 Å². The summed E-state index contributed by atoms with van der Waals surface area (Å²) in [5.41, 5.74) is 0.0960. The van der Waals surface area contributed by atoms with E-state index in [0.29, 0.717) is 10.7 Å². The largest absolute Gasteiger partial charge is 0.478 e. The van der Waals surface area contributed by atoms with Gasteiger partial charge in [0.15, 0.2) is 0 Å². The third-order valence-corrected chi connectivity index (χ3v) is 2.78. The molecule has 0 aliphatic rings. The fraction of sp³-hybridized carbons (Fsp3) is 0. The average molecular weight is 309 g/mol. The maximum Gasteiger partial charge on any atom is 0.337 e. The minimum atomic E-state index is -1.34. The Hall–Kier alpha value is -2.60. The van der Waals surface area contributed by atoms with Gasteiger partial charge in [0.25, 0.3) is 0 Å². The summed E-state index contributed by atoms with van der Waals surface area (Å²) in [6, 6.07) is 8.85. The molecule has 0 bridgehead atoms. The molecule has 0 atom stereocenters. The quantitative estimate of drug-likeness (QED) is 0.806. The van der Waals surface area contributed by atoms with Crippen LogP contribution in [0.25, 0.3) is 0 Å². The summed E-state index contributed by atoms with van der Waals surface area (Å²) < 4.78 is 13.0. The Morgan fingerprint density at radius 2 is 1.86 bits per heavy atom. The van der Waals surface area contributed by atoms with Gasteiger partial charge in [-0.2, -0.15) is 0 Å². The first-order chi connectivity index (χ1) is 9.95. The Morgan fingerprint density at radius 1 is 1.10 bits per heavy atom. The Balaban J connectivity index is 2.15. The number of nitrogens with one attached hydrogen (secondary N) is 2. The van der Waals surface area contributed by atoms with Crippen LogP contribution in [0.4, 0.5) is 20.6 Å². The number of carboxylic acid groups (broad SMARTS) is 1. The van der Waals surface area contributed by atoms with Crippen molar-refractivity contribution in [2.24, 2.45) is 0 Å². The number of hydrogen-bond donors (Lipinski definition) is 3. The number of urea groups is 1. The number of aromatic carboxylic acids is 1. The molecule has 0 saturated heterocycles. The Bertz CT molecular complexity index is 706. The molecule has 0 aromatic heterocycles. The van der Waals surface area contributed by atoms with E-state index in [1.807, 2.05) is 0 Å². The van der Waals surface area contributed by atoms with Gasteiger partial charge < -0.3 is 15.7 Å². The molecule has 5 nitrogen and oxygen atoms in total. The molecule has 0 aliphatic heterocycles. The first-order valence-corrected chi connectivity index (χ1v) is 6.20. The first-order valence-electron chi connectivity index (χ1n) is 5.82. The zero-order valence-corrected chi connectivity index (χ0v) is 11.3. The van der Waals surface area contributed by atoms with Crippen LogP contribution in [0.1, 0.15) is 10.4 Å². The van der Waals surface area contributed by atoms with E-state index in [0.717, 1.165) is 12.1 Å². The van der Waals surface area contributed by atoms with Gasteiger partial charge in [-0.05, 0) is 36.4 Å². The molecule has 2 amide bonds. The lowest BCUT2D eigenvalue weighted by molar-refractivity contribution is 0.0697. The number of amides is 2. The molecule has 3 N–H and O–H groups in total. The third-order valence-electron chi connectivity index (χ3n) is 2.54. The normalized spacial score (nSPS) is 10.0. The number of carbonyl (C=O) groups is 2. The number of carbonyl (C=O) groups excluding carboxylic acids is 1. The lowest BCUT2D eigenvalue weighted by Gasteiger charge is -2.10. The van der Waals surface area contributed by atoms with Crippen LogP contribution in [0.3, 0.4) is 0 Å². The first kappa shape index (κ1) is 14.8. The zero-order valence-electron chi connectivity index (χ0n) is 10.6. The predicted molar refractivity (Wildman–Crippen MR) is 77.5 cm³/mol. The molecule has 0 heterocycles. The zero-order chi connectivity index (χ0) is 15.4. The molecule has 0 fully saturated rings. The van der Waals surface area contributed by atoms with Crippen molar-refractivity contribution in [2.45, 2.75) is 0 Å². The second kappa shape index (κ2) is 6.23. The van der Waals surface area contributed by atoms with Gasteiger partial charge in [0, 0.05) is 10.7 Å². The number of anilines is 2. The number of carboxylic acids is 1. The van der Waals surface area contributed by atoms with Crippen LogP contribution in [0.15, 0.2) is 42.5 Å². The van der Waals surface area contributed by atoms with Gasteiger partial charge in [-0.1, -0.05) is 17.7 Å². The van der Waals surface area contributed by atoms with Crippen LogP contribution in [-0.2, 0) is 0 Å². The molecule has 7 heteroatoms. The highest BCUT2D eigenvalue weighted by Gasteiger charge is 2.13. The SMILES string of the molecule is O=C(Nc1cccc(Cl)c1)Nc1ccc(F)cc1C(=O)O. The van der Waals surface area contributed by atoms with E-state index in [1.165, 1.54) is 12.1 Å². The van der Waals surface area contributed by atoms with E-state index in [9.17, 15) is 14.0 Å². The number of rotatable bonds is 3. The molecule has 2 aromatic rings. The van der Waals surface area contributed by atoms with Crippen LogP contribution in [0.2, 0.25) is 5.02 Å². The third kappa shape index (κ3) is 3.93. The van der Waals surface area contributed by atoms with Gasteiger partial charge in [0.2, 0.25) is 0 Å². The minimum Gasteiger partial charge on any atom is -0.478 e. The highest BCUT2D eigenvalue weighted by atomic mass is 35.5. The van der Waals surface area contributed by atoms with E-state index < -0.39 is 17.8 Å². The number of halogens is 2. The van der Waals surface area contributed by atoms with Crippen molar-refractivity contribution in [3.63, 3.8) is 0 Å². The van der Waals surface area contributed by atoms with E-state index in [4.69, 9.17) is 16.7 Å². The van der Waals surface area contributed by atoms with Gasteiger partial charge in [-0.15, -0.1) is 0 Å². The molecular formula is C14H10ClFN2O3. The molecule has 2 aromatic carbocycles. The Labute approximate surface area is 124 Å². The molecule has 0 spiro atoms. The second-order valence-electron chi connectivity index (χ2n) is 4.08. The van der Waals surface area contributed by atoms with Crippen molar-refractivity contribution in [3.8, 4) is 0 Å². The van der Waals surface area contributed by atoms with Crippen molar-refractivity contribution in [1.29, 1.82) is 0 Å². The van der Waals surface area contributed by atoms with Gasteiger partial charge in [-0.3, -0.25) is 0 Å². The van der Waals surface area contributed by atoms with Crippen molar-refractivity contribution in [1.82, 2.24) is 0 Å². The molecule has 21 heavy (non-hydrogen) atoms. The van der Waals surface area contributed by atoms with Crippen LogP contribution in [0.5, 0.6) is 0 Å². The maximum absolute atomic E-state index is 13.0. The number of benzene rings is 2. The monoisotopic (exact) mass is 308 g/mol. The van der Waals surface area contributed by atoms with Gasteiger partial charge in [0.1, 0.15) is 5.82 Å². The highest BCUT2D eigenvalue weighted by molar-refractivity contribution is 6.30. The van der Waals surface area contributed by atoms with Gasteiger partial charge in [0.05, 0.1) is 11.3 Å². The molecule has 0 unspecified atom stereocenters. The standard InChI is InChI=1S/C14H10ClFN2O3/c15-8-2-1-3-10(6-8)17-14(21)18-12-5-4-9(16)7-11(12)13(19)20/h1-7H,(H,19,20)(H2,17,18,21). The van der Waals surface area contributed by atoms with Crippen LogP contribution in [0, 0.1) is 5.82 Å². The molecule has 0 aliphatic carbocycles. The molecular weight excluding hydrogens is 299 g/mol. The van der Waals surface area contributed by atoms with Gasteiger partial charge >= 0.3 is 12.0 Å². The maximum atomic E-state index is 13.0. The lowest BCUT2D eigenvalue weighted by Crippen LogP contribution is -2.21. The number of hydrogen-bond acceptors (Lipinski definition) is 2. The topological polar surface area (TPSA) is 78.4 Å². The van der Waals surface area contributed by atoms with E-state index in [2.05, 4.69) is 10.6 Å². The molecule has 108 valence electrons. The Morgan fingerprint density at radius 3 is 2.52 bits per heavy atom. The van der Waals surface area contributed by atoms with Crippen molar-refractivity contribution in [3.05, 3.63) is 58.9 Å². The summed E-state index contributed by atoms with van der Waals surface area (Å²) in [6.45, 7) is 0. The minimum absolute atomic E-state index is 0.0107. The summed E-state index contributed by atoms with van der Waals surface area (Å²) in [4.78, 5) is 22.8. The smallest absolute Gasteiger partial charge is 0.337 e. The summed E-state index contributed by atoms with van der Waals surface area (Å²) in [6.07, 6.45) is 0. The summed E-state index contributed by atoms with van der Waals surface area (Å²) >= 11 is 5.78. The second-order valence-corrected chi connectivity index (χ2v) is 4.52. The molecule has 2 rings (SSSR count).